The van der Waals surface area contributed by atoms with Crippen LogP contribution in [0.15, 0.2) is 24.3 Å². The number of halogens is 1. The molecule has 1 atom stereocenters. The highest BCUT2D eigenvalue weighted by Gasteiger charge is 2.22. The van der Waals surface area contributed by atoms with E-state index in [9.17, 15) is 8.42 Å². The molecule has 1 saturated heterocycles. The Kier molecular flexibility index (Phi) is 5.66. The molecule has 4 nitrogen and oxygen atoms in total. The van der Waals surface area contributed by atoms with E-state index in [0.717, 1.165) is 37.5 Å². The fraction of sp³-hybridized carbons (Fsp3) is 0.600. The summed E-state index contributed by atoms with van der Waals surface area (Å²) < 4.78 is 25.2. The zero-order valence-electron chi connectivity index (χ0n) is 12.5. The van der Waals surface area contributed by atoms with Gasteiger partial charge >= 0.3 is 0 Å². The van der Waals surface area contributed by atoms with Crippen molar-refractivity contribution in [3.05, 3.63) is 34.9 Å². The molecule has 1 aromatic rings. The number of hydrogen-bond acceptors (Lipinski definition) is 3. The molecular formula is C15H23ClN2O2S. The van der Waals surface area contributed by atoms with Crippen LogP contribution in [0.4, 0.5) is 0 Å². The summed E-state index contributed by atoms with van der Waals surface area (Å²) in [6.07, 6.45) is 2.96. The van der Waals surface area contributed by atoms with Crippen LogP contribution < -0.4 is 4.72 Å². The molecule has 1 fully saturated rings. The summed E-state index contributed by atoms with van der Waals surface area (Å²) in [5.41, 5.74) is 1.25. The summed E-state index contributed by atoms with van der Waals surface area (Å²) in [5, 5.41) is 0.774. The third-order valence-corrected chi connectivity index (χ3v) is 4.91. The van der Waals surface area contributed by atoms with Gasteiger partial charge in [-0.2, -0.15) is 0 Å². The molecule has 0 spiro atoms. The fourth-order valence-corrected chi connectivity index (χ4v) is 3.88. The van der Waals surface area contributed by atoms with E-state index in [2.05, 4.69) is 22.6 Å². The molecule has 0 amide bonds. The molecule has 21 heavy (non-hydrogen) atoms. The lowest BCUT2D eigenvalue weighted by Gasteiger charge is -2.33. The van der Waals surface area contributed by atoms with Crippen LogP contribution in [0.25, 0.3) is 0 Å². The van der Waals surface area contributed by atoms with Gasteiger partial charge in [0, 0.05) is 17.6 Å². The molecule has 1 aliphatic heterocycles. The standard InChI is InChI=1S/C15H23ClN2O2S/c1-12(13-4-3-5-14(16)10-13)11-18-8-6-15(7-9-18)17-21(2,19)20/h3-5,10,12,15,17H,6-9,11H2,1-2H3. The van der Waals surface area contributed by atoms with Gasteiger partial charge in [-0.1, -0.05) is 30.7 Å². The van der Waals surface area contributed by atoms with E-state index in [4.69, 9.17) is 11.6 Å². The van der Waals surface area contributed by atoms with Crippen molar-refractivity contribution in [3.8, 4) is 0 Å². The van der Waals surface area contributed by atoms with Gasteiger partial charge in [-0.25, -0.2) is 13.1 Å². The van der Waals surface area contributed by atoms with Crippen molar-refractivity contribution in [2.45, 2.75) is 31.7 Å². The molecule has 1 unspecified atom stereocenters. The molecule has 6 heteroatoms. The van der Waals surface area contributed by atoms with E-state index in [1.165, 1.54) is 11.8 Å². The Morgan fingerprint density at radius 3 is 2.62 bits per heavy atom. The second-order valence-electron chi connectivity index (χ2n) is 5.92. The highest BCUT2D eigenvalue weighted by molar-refractivity contribution is 7.88. The van der Waals surface area contributed by atoms with Crippen LogP contribution in [0.5, 0.6) is 0 Å². The normalized spacial score (nSPS) is 19.6. The van der Waals surface area contributed by atoms with Crippen molar-refractivity contribution in [2.75, 3.05) is 25.9 Å². The highest BCUT2D eigenvalue weighted by atomic mass is 35.5. The average Bonchev–Trinajstić information content (AvgIpc) is 2.39. The van der Waals surface area contributed by atoms with Crippen molar-refractivity contribution in [2.24, 2.45) is 0 Å². The van der Waals surface area contributed by atoms with Crippen LogP contribution in [0, 0.1) is 0 Å². The van der Waals surface area contributed by atoms with Crippen molar-refractivity contribution in [1.29, 1.82) is 0 Å². The van der Waals surface area contributed by atoms with Gasteiger partial charge < -0.3 is 4.90 Å². The Bertz CT molecular complexity index is 569. The summed E-state index contributed by atoms with van der Waals surface area (Å²) in [7, 11) is -3.10. The van der Waals surface area contributed by atoms with E-state index < -0.39 is 10.0 Å². The molecule has 0 aliphatic carbocycles. The minimum absolute atomic E-state index is 0.0812. The Labute approximate surface area is 132 Å². The Balaban J connectivity index is 1.83. The summed E-state index contributed by atoms with van der Waals surface area (Å²) in [5.74, 6) is 0.420. The lowest BCUT2D eigenvalue weighted by atomic mass is 9.98. The lowest BCUT2D eigenvalue weighted by Crippen LogP contribution is -2.45. The highest BCUT2D eigenvalue weighted by Crippen LogP contribution is 2.22. The number of sulfonamides is 1. The first-order valence-electron chi connectivity index (χ1n) is 7.28. The average molecular weight is 331 g/mol. The third-order valence-electron chi connectivity index (χ3n) is 3.92. The summed E-state index contributed by atoms with van der Waals surface area (Å²) in [4.78, 5) is 2.39. The van der Waals surface area contributed by atoms with Gasteiger partial charge in [0.15, 0.2) is 0 Å². The zero-order valence-corrected chi connectivity index (χ0v) is 14.1. The second kappa shape index (κ2) is 7.09. The molecule has 118 valence electrons. The predicted octanol–water partition coefficient (Wildman–Crippen LogP) is 2.46. The number of piperidine rings is 1. The number of benzene rings is 1. The van der Waals surface area contributed by atoms with Gasteiger partial charge in [0.1, 0.15) is 0 Å². The zero-order chi connectivity index (χ0) is 15.5. The topological polar surface area (TPSA) is 49.4 Å². The minimum atomic E-state index is -3.10. The van der Waals surface area contributed by atoms with Crippen LogP contribution in [0.1, 0.15) is 31.2 Å². The van der Waals surface area contributed by atoms with Gasteiger partial charge in [0.25, 0.3) is 0 Å². The lowest BCUT2D eigenvalue weighted by molar-refractivity contribution is 0.199. The van der Waals surface area contributed by atoms with Crippen LogP contribution in [0.3, 0.4) is 0 Å². The first-order valence-corrected chi connectivity index (χ1v) is 9.55. The molecule has 1 aromatic carbocycles. The summed E-state index contributed by atoms with van der Waals surface area (Å²) in [6.45, 7) is 5.04. The van der Waals surface area contributed by atoms with E-state index >= 15 is 0 Å². The summed E-state index contributed by atoms with van der Waals surface area (Å²) >= 11 is 6.03. The first kappa shape index (κ1) is 16.7. The van der Waals surface area contributed by atoms with Crippen molar-refractivity contribution in [1.82, 2.24) is 9.62 Å². The van der Waals surface area contributed by atoms with E-state index in [1.54, 1.807) is 0 Å². The molecule has 0 aromatic heterocycles. The predicted molar refractivity (Wildman–Crippen MR) is 87.3 cm³/mol. The Morgan fingerprint density at radius 1 is 1.38 bits per heavy atom. The van der Waals surface area contributed by atoms with Gasteiger partial charge in [0.2, 0.25) is 10.0 Å². The van der Waals surface area contributed by atoms with Crippen LogP contribution >= 0.6 is 11.6 Å². The minimum Gasteiger partial charge on any atom is -0.303 e. The molecular weight excluding hydrogens is 308 g/mol. The van der Waals surface area contributed by atoms with Crippen molar-refractivity contribution in [3.63, 3.8) is 0 Å². The number of nitrogens with one attached hydrogen (secondary N) is 1. The molecule has 1 aliphatic rings. The molecule has 1 N–H and O–H groups in total. The molecule has 1 heterocycles. The Morgan fingerprint density at radius 2 is 2.05 bits per heavy atom. The number of nitrogens with zero attached hydrogens (tertiary/aromatic N) is 1. The van der Waals surface area contributed by atoms with Gasteiger partial charge in [-0.05, 0) is 49.5 Å². The van der Waals surface area contributed by atoms with Gasteiger partial charge in [0.05, 0.1) is 6.26 Å². The molecule has 0 bridgehead atoms. The van der Waals surface area contributed by atoms with Crippen LogP contribution in [0.2, 0.25) is 5.02 Å². The number of likely N-dealkylation sites (tertiary alicyclic amines) is 1. The smallest absolute Gasteiger partial charge is 0.208 e. The molecule has 0 radical (unpaired) electrons. The monoisotopic (exact) mass is 330 g/mol. The molecule has 2 rings (SSSR count). The van der Waals surface area contributed by atoms with E-state index in [-0.39, 0.29) is 6.04 Å². The second-order valence-corrected chi connectivity index (χ2v) is 8.14. The SMILES string of the molecule is CC(CN1CCC(NS(C)(=O)=O)CC1)c1cccc(Cl)c1. The maximum absolute atomic E-state index is 11.2. The van der Waals surface area contributed by atoms with E-state index in [1.807, 2.05) is 18.2 Å². The van der Waals surface area contributed by atoms with Crippen molar-refractivity contribution >= 4 is 21.6 Å². The fourth-order valence-electron chi connectivity index (χ4n) is 2.84. The molecule has 0 saturated carbocycles. The largest absolute Gasteiger partial charge is 0.303 e. The number of hydrogen-bond donors (Lipinski definition) is 1. The Hall–Kier alpha value is -0.620. The van der Waals surface area contributed by atoms with Crippen LogP contribution in [-0.2, 0) is 10.0 Å². The summed E-state index contributed by atoms with van der Waals surface area (Å²) in [6, 6.07) is 8.08. The quantitative estimate of drug-likeness (QED) is 0.902. The van der Waals surface area contributed by atoms with Crippen LogP contribution in [-0.4, -0.2) is 45.2 Å². The maximum atomic E-state index is 11.2. The van der Waals surface area contributed by atoms with Crippen molar-refractivity contribution < 1.29 is 8.42 Å². The van der Waals surface area contributed by atoms with Gasteiger partial charge in [-0.3, -0.25) is 0 Å². The maximum Gasteiger partial charge on any atom is 0.208 e. The first-order chi connectivity index (χ1) is 9.83. The van der Waals surface area contributed by atoms with Gasteiger partial charge in [-0.15, -0.1) is 0 Å². The van der Waals surface area contributed by atoms with E-state index in [0.29, 0.717) is 5.92 Å². The number of rotatable bonds is 5. The third kappa shape index (κ3) is 5.58.